The van der Waals surface area contributed by atoms with Crippen LogP contribution in [0.1, 0.15) is 15.2 Å². The van der Waals surface area contributed by atoms with E-state index in [4.69, 9.17) is 11.6 Å². The Bertz CT molecular complexity index is 586. The van der Waals surface area contributed by atoms with Crippen LogP contribution in [0.5, 0.6) is 0 Å². The van der Waals surface area contributed by atoms with Crippen molar-refractivity contribution in [1.29, 1.82) is 0 Å². The van der Waals surface area contributed by atoms with Crippen molar-refractivity contribution in [3.63, 3.8) is 0 Å². The van der Waals surface area contributed by atoms with Crippen molar-refractivity contribution in [2.75, 3.05) is 19.1 Å². The van der Waals surface area contributed by atoms with E-state index in [2.05, 4.69) is 9.72 Å². The van der Waals surface area contributed by atoms with Gasteiger partial charge in [0.1, 0.15) is 4.88 Å². The maximum Gasteiger partial charge on any atom is 0.349 e. The van der Waals surface area contributed by atoms with Gasteiger partial charge in [-0.05, 0) is 11.6 Å². The fraction of sp³-hybridized carbons (Fsp3) is 0.231. The van der Waals surface area contributed by atoms with Gasteiger partial charge in [-0.2, -0.15) is 0 Å². The van der Waals surface area contributed by atoms with E-state index in [0.29, 0.717) is 11.4 Å². The quantitative estimate of drug-likeness (QED) is 0.813. The number of aromatic nitrogens is 1. The average Bonchev–Trinajstić information content (AvgIpc) is 2.90. The number of benzene rings is 1. The van der Waals surface area contributed by atoms with E-state index in [9.17, 15) is 4.79 Å². The summed E-state index contributed by atoms with van der Waals surface area (Å²) in [5, 5.41) is 1.47. The van der Waals surface area contributed by atoms with Crippen LogP contribution in [0.4, 0.5) is 5.13 Å². The summed E-state index contributed by atoms with van der Waals surface area (Å²) >= 11 is 7.41. The number of carbonyl (C=O) groups is 1. The first kappa shape index (κ1) is 13.8. The molecular formula is C13H13ClN2O2S. The average molecular weight is 297 g/mol. The van der Waals surface area contributed by atoms with Gasteiger partial charge in [-0.15, -0.1) is 0 Å². The molecule has 4 nitrogen and oxygen atoms in total. The van der Waals surface area contributed by atoms with Crippen molar-refractivity contribution in [3.8, 4) is 0 Å². The summed E-state index contributed by atoms with van der Waals surface area (Å²) in [4.78, 5) is 18.0. The number of hydrogen-bond donors (Lipinski definition) is 0. The maximum absolute atomic E-state index is 11.4. The summed E-state index contributed by atoms with van der Waals surface area (Å²) in [7, 11) is 3.26. The molecule has 0 amide bonds. The molecule has 0 bridgehead atoms. The van der Waals surface area contributed by atoms with Gasteiger partial charge in [-0.1, -0.05) is 41.1 Å². The first-order chi connectivity index (χ1) is 9.11. The van der Waals surface area contributed by atoms with Gasteiger partial charge in [0.15, 0.2) is 5.13 Å². The monoisotopic (exact) mass is 296 g/mol. The third-order valence-electron chi connectivity index (χ3n) is 2.57. The van der Waals surface area contributed by atoms with Crippen molar-refractivity contribution < 1.29 is 9.53 Å². The molecule has 0 aliphatic carbocycles. The number of hydrogen-bond acceptors (Lipinski definition) is 5. The van der Waals surface area contributed by atoms with Crippen LogP contribution in [-0.2, 0) is 11.3 Å². The fourth-order valence-corrected chi connectivity index (χ4v) is 2.58. The molecule has 0 saturated carbocycles. The van der Waals surface area contributed by atoms with E-state index >= 15 is 0 Å². The Hall–Kier alpha value is -1.59. The SMILES string of the molecule is COC(=O)c1cnc(N(C)Cc2ccccc2Cl)s1. The molecule has 0 radical (unpaired) electrons. The second-order valence-electron chi connectivity index (χ2n) is 3.95. The van der Waals surface area contributed by atoms with E-state index in [1.165, 1.54) is 24.6 Å². The highest BCUT2D eigenvalue weighted by Gasteiger charge is 2.13. The Balaban J connectivity index is 2.12. The third-order valence-corrected chi connectivity index (χ3v) is 4.03. The summed E-state index contributed by atoms with van der Waals surface area (Å²) in [6.07, 6.45) is 1.52. The smallest absolute Gasteiger partial charge is 0.349 e. The Morgan fingerprint density at radius 2 is 2.21 bits per heavy atom. The first-order valence-corrected chi connectivity index (χ1v) is 6.80. The summed E-state index contributed by atoms with van der Waals surface area (Å²) in [5.74, 6) is -0.366. The van der Waals surface area contributed by atoms with Gasteiger partial charge in [0.25, 0.3) is 0 Å². The summed E-state index contributed by atoms with van der Waals surface area (Å²) < 4.78 is 4.66. The molecule has 0 spiro atoms. The lowest BCUT2D eigenvalue weighted by Gasteiger charge is -2.16. The maximum atomic E-state index is 11.4. The highest BCUT2D eigenvalue weighted by atomic mass is 35.5. The number of carbonyl (C=O) groups excluding carboxylic acids is 1. The number of esters is 1. The number of anilines is 1. The van der Waals surface area contributed by atoms with Crippen LogP contribution < -0.4 is 4.90 Å². The molecule has 2 rings (SSSR count). The van der Waals surface area contributed by atoms with Gasteiger partial charge in [-0.3, -0.25) is 0 Å². The minimum absolute atomic E-state index is 0.366. The molecule has 0 aliphatic rings. The normalized spacial score (nSPS) is 10.3. The van der Waals surface area contributed by atoms with E-state index < -0.39 is 0 Å². The van der Waals surface area contributed by atoms with Crippen molar-refractivity contribution in [2.45, 2.75) is 6.54 Å². The molecular weight excluding hydrogens is 284 g/mol. The topological polar surface area (TPSA) is 42.4 Å². The molecule has 0 saturated heterocycles. The Morgan fingerprint density at radius 1 is 1.47 bits per heavy atom. The highest BCUT2D eigenvalue weighted by Crippen LogP contribution is 2.25. The molecule has 0 N–H and O–H groups in total. The fourth-order valence-electron chi connectivity index (χ4n) is 1.59. The van der Waals surface area contributed by atoms with Crippen molar-refractivity contribution in [1.82, 2.24) is 4.98 Å². The molecule has 19 heavy (non-hydrogen) atoms. The predicted octanol–water partition coefficient (Wildman–Crippen LogP) is 3.22. The molecule has 0 aliphatic heterocycles. The Kier molecular flexibility index (Phi) is 4.39. The summed E-state index contributed by atoms with van der Waals surface area (Å²) in [5.41, 5.74) is 1.02. The number of rotatable bonds is 4. The largest absolute Gasteiger partial charge is 0.465 e. The Morgan fingerprint density at radius 3 is 2.89 bits per heavy atom. The first-order valence-electron chi connectivity index (χ1n) is 5.60. The summed E-state index contributed by atoms with van der Waals surface area (Å²) in [6.45, 7) is 0.633. The molecule has 1 aromatic heterocycles. The summed E-state index contributed by atoms with van der Waals surface area (Å²) in [6, 6.07) is 7.65. The number of thiazole rings is 1. The van der Waals surface area contributed by atoms with Crippen molar-refractivity contribution in [2.24, 2.45) is 0 Å². The molecule has 0 fully saturated rings. The van der Waals surface area contributed by atoms with Gasteiger partial charge in [0.2, 0.25) is 0 Å². The lowest BCUT2D eigenvalue weighted by atomic mass is 10.2. The zero-order chi connectivity index (χ0) is 13.8. The molecule has 1 aromatic carbocycles. The number of ether oxygens (including phenoxy) is 1. The second-order valence-corrected chi connectivity index (χ2v) is 5.36. The van der Waals surface area contributed by atoms with E-state index in [0.717, 1.165) is 15.7 Å². The molecule has 2 aromatic rings. The van der Waals surface area contributed by atoms with Crippen LogP contribution in [0, 0.1) is 0 Å². The van der Waals surface area contributed by atoms with Crippen LogP contribution >= 0.6 is 22.9 Å². The van der Waals surface area contributed by atoms with E-state index in [1.54, 1.807) is 0 Å². The van der Waals surface area contributed by atoms with E-state index in [1.807, 2.05) is 36.2 Å². The molecule has 0 atom stereocenters. The third kappa shape index (κ3) is 3.24. The molecule has 1 heterocycles. The molecule has 0 unspecified atom stereocenters. The van der Waals surface area contributed by atoms with Gasteiger partial charge in [-0.25, -0.2) is 9.78 Å². The molecule has 6 heteroatoms. The van der Waals surface area contributed by atoms with E-state index in [-0.39, 0.29) is 5.97 Å². The number of halogens is 1. The van der Waals surface area contributed by atoms with Crippen molar-refractivity contribution >= 4 is 34.0 Å². The van der Waals surface area contributed by atoms with Gasteiger partial charge < -0.3 is 9.64 Å². The van der Waals surface area contributed by atoms with Gasteiger partial charge >= 0.3 is 5.97 Å². The van der Waals surface area contributed by atoms with Crippen LogP contribution in [0.15, 0.2) is 30.5 Å². The lowest BCUT2D eigenvalue weighted by Crippen LogP contribution is -2.16. The minimum atomic E-state index is -0.366. The number of methoxy groups -OCH3 is 1. The number of nitrogens with zero attached hydrogens (tertiary/aromatic N) is 2. The Labute approximate surface area is 120 Å². The van der Waals surface area contributed by atoms with Crippen LogP contribution in [0.3, 0.4) is 0 Å². The second kappa shape index (κ2) is 6.04. The minimum Gasteiger partial charge on any atom is -0.465 e. The predicted molar refractivity (Wildman–Crippen MR) is 77.0 cm³/mol. The molecule has 100 valence electrons. The van der Waals surface area contributed by atoms with Crippen LogP contribution in [0.25, 0.3) is 0 Å². The standard InChI is InChI=1S/C13H13ClN2O2S/c1-16(8-9-5-3-4-6-10(9)14)13-15-7-11(19-13)12(17)18-2/h3-7H,8H2,1-2H3. The van der Waals surface area contributed by atoms with Gasteiger partial charge in [0, 0.05) is 18.6 Å². The van der Waals surface area contributed by atoms with Crippen LogP contribution in [0.2, 0.25) is 5.02 Å². The zero-order valence-corrected chi connectivity index (χ0v) is 12.2. The highest BCUT2D eigenvalue weighted by molar-refractivity contribution is 7.17. The zero-order valence-electron chi connectivity index (χ0n) is 10.6. The van der Waals surface area contributed by atoms with Crippen molar-refractivity contribution in [3.05, 3.63) is 45.9 Å². The van der Waals surface area contributed by atoms with Crippen LogP contribution in [-0.4, -0.2) is 25.1 Å². The lowest BCUT2D eigenvalue weighted by molar-refractivity contribution is 0.0606. The van der Waals surface area contributed by atoms with Gasteiger partial charge in [0.05, 0.1) is 13.3 Å².